The average Bonchev–Trinajstić information content (AvgIpc) is 3.29. The maximum atomic E-state index is 13.3. The van der Waals surface area contributed by atoms with Crippen LogP contribution in [0.1, 0.15) is 51.1 Å². The summed E-state index contributed by atoms with van der Waals surface area (Å²) in [4.78, 5) is 22.4. The maximum absolute atomic E-state index is 13.3. The van der Waals surface area contributed by atoms with Gasteiger partial charge in [0.2, 0.25) is 0 Å². The first-order valence-corrected chi connectivity index (χ1v) is 10.9. The third kappa shape index (κ3) is 4.65. The van der Waals surface area contributed by atoms with Gasteiger partial charge < -0.3 is 24.5 Å². The molecule has 3 heterocycles. The van der Waals surface area contributed by atoms with Crippen LogP contribution in [-0.2, 0) is 16.0 Å². The molecule has 8 nitrogen and oxygen atoms in total. The molecular formula is C22H30N4O4. The molecule has 2 N–H and O–H groups in total. The van der Waals surface area contributed by atoms with Crippen LogP contribution in [-0.4, -0.2) is 51.6 Å². The topological polar surface area (TPSA) is 98.5 Å². The van der Waals surface area contributed by atoms with Gasteiger partial charge in [-0.3, -0.25) is 9.78 Å². The monoisotopic (exact) mass is 414 g/mol. The number of nitrogens with one attached hydrogen (secondary N) is 1. The SMILES string of the molecule is CCCOCCn1c(=O)c(NC2CCC(O)CC2)nc2cnc(C3=COCC3)cc21. The minimum Gasteiger partial charge on any atom is -0.500 e. The second-order valence-corrected chi connectivity index (χ2v) is 8.00. The molecule has 1 aliphatic carbocycles. The van der Waals surface area contributed by atoms with Gasteiger partial charge in [-0.2, -0.15) is 0 Å². The van der Waals surface area contributed by atoms with Crippen LogP contribution in [0.3, 0.4) is 0 Å². The van der Waals surface area contributed by atoms with Crippen LogP contribution >= 0.6 is 0 Å². The summed E-state index contributed by atoms with van der Waals surface area (Å²) in [5.74, 6) is 0.345. The van der Waals surface area contributed by atoms with Gasteiger partial charge in [0, 0.05) is 31.2 Å². The normalized spacial score (nSPS) is 21.5. The molecule has 162 valence electrons. The van der Waals surface area contributed by atoms with Crippen molar-refractivity contribution in [1.29, 1.82) is 0 Å². The Bertz CT molecular complexity index is 963. The van der Waals surface area contributed by atoms with Crippen molar-refractivity contribution in [3.8, 4) is 0 Å². The number of nitrogens with zero attached hydrogens (tertiary/aromatic N) is 3. The number of aliphatic hydroxyl groups excluding tert-OH is 1. The smallest absolute Gasteiger partial charge is 0.293 e. The number of anilines is 1. The van der Waals surface area contributed by atoms with Crippen LogP contribution < -0.4 is 10.9 Å². The minimum absolute atomic E-state index is 0.142. The van der Waals surface area contributed by atoms with Crippen LogP contribution in [0.4, 0.5) is 5.82 Å². The maximum Gasteiger partial charge on any atom is 0.293 e. The lowest BCUT2D eigenvalue weighted by Gasteiger charge is -2.26. The van der Waals surface area contributed by atoms with Gasteiger partial charge in [-0.15, -0.1) is 0 Å². The van der Waals surface area contributed by atoms with Gasteiger partial charge in [-0.25, -0.2) is 4.98 Å². The highest BCUT2D eigenvalue weighted by molar-refractivity contribution is 5.79. The first kappa shape index (κ1) is 20.8. The van der Waals surface area contributed by atoms with Crippen molar-refractivity contribution in [1.82, 2.24) is 14.5 Å². The average molecular weight is 415 g/mol. The molecule has 0 aromatic carbocycles. The summed E-state index contributed by atoms with van der Waals surface area (Å²) in [6.45, 7) is 4.31. The molecule has 0 saturated heterocycles. The lowest BCUT2D eigenvalue weighted by atomic mass is 9.93. The summed E-state index contributed by atoms with van der Waals surface area (Å²) in [5.41, 5.74) is 3.12. The second-order valence-electron chi connectivity index (χ2n) is 8.00. The first-order chi connectivity index (χ1) is 14.7. The van der Waals surface area contributed by atoms with Crippen molar-refractivity contribution in [2.24, 2.45) is 0 Å². The number of pyridine rings is 1. The Labute approximate surface area is 175 Å². The Morgan fingerprint density at radius 1 is 1.30 bits per heavy atom. The lowest BCUT2D eigenvalue weighted by molar-refractivity contribution is 0.125. The van der Waals surface area contributed by atoms with Crippen molar-refractivity contribution in [2.75, 3.05) is 25.1 Å². The highest BCUT2D eigenvalue weighted by Gasteiger charge is 2.22. The zero-order valence-corrected chi connectivity index (χ0v) is 17.5. The third-order valence-electron chi connectivity index (χ3n) is 5.72. The van der Waals surface area contributed by atoms with Crippen molar-refractivity contribution in [3.63, 3.8) is 0 Å². The number of ether oxygens (including phenoxy) is 2. The molecular weight excluding hydrogens is 384 g/mol. The van der Waals surface area contributed by atoms with E-state index in [2.05, 4.69) is 22.2 Å². The summed E-state index contributed by atoms with van der Waals surface area (Å²) in [6.07, 6.45) is 8.11. The minimum atomic E-state index is -0.239. The van der Waals surface area contributed by atoms with Crippen LogP contribution in [0.5, 0.6) is 0 Å². The number of aromatic nitrogens is 3. The van der Waals surface area contributed by atoms with Gasteiger partial charge in [0.15, 0.2) is 5.82 Å². The number of aliphatic hydroxyl groups is 1. The Kier molecular flexibility index (Phi) is 6.64. The number of hydrogen-bond acceptors (Lipinski definition) is 7. The Balaban J connectivity index is 1.67. The van der Waals surface area contributed by atoms with Crippen LogP contribution in [0.2, 0.25) is 0 Å². The molecule has 0 unspecified atom stereocenters. The van der Waals surface area contributed by atoms with E-state index in [9.17, 15) is 9.90 Å². The zero-order valence-electron chi connectivity index (χ0n) is 17.5. The summed E-state index contributed by atoms with van der Waals surface area (Å²) in [7, 11) is 0. The molecule has 1 saturated carbocycles. The summed E-state index contributed by atoms with van der Waals surface area (Å²) in [5, 5.41) is 13.1. The van der Waals surface area contributed by atoms with Crippen molar-refractivity contribution in [3.05, 3.63) is 34.6 Å². The summed E-state index contributed by atoms with van der Waals surface area (Å²) < 4.78 is 12.7. The van der Waals surface area contributed by atoms with E-state index in [4.69, 9.17) is 9.47 Å². The molecule has 0 atom stereocenters. The van der Waals surface area contributed by atoms with E-state index in [0.717, 1.165) is 55.3 Å². The Morgan fingerprint density at radius 2 is 2.13 bits per heavy atom. The fourth-order valence-electron chi connectivity index (χ4n) is 4.03. The fraction of sp³-hybridized carbons (Fsp3) is 0.591. The Hall–Kier alpha value is -2.45. The number of rotatable bonds is 8. The third-order valence-corrected chi connectivity index (χ3v) is 5.72. The van der Waals surface area contributed by atoms with Gasteiger partial charge in [0.1, 0.15) is 5.52 Å². The summed E-state index contributed by atoms with van der Waals surface area (Å²) >= 11 is 0. The second kappa shape index (κ2) is 9.57. The van der Waals surface area contributed by atoms with E-state index < -0.39 is 0 Å². The molecule has 0 radical (unpaired) electrons. The molecule has 8 heteroatoms. The molecule has 2 aliphatic rings. The van der Waals surface area contributed by atoms with E-state index in [1.54, 1.807) is 17.0 Å². The Morgan fingerprint density at radius 3 is 2.87 bits per heavy atom. The van der Waals surface area contributed by atoms with Gasteiger partial charge >= 0.3 is 0 Å². The van der Waals surface area contributed by atoms with E-state index in [1.807, 2.05) is 6.07 Å². The van der Waals surface area contributed by atoms with Gasteiger partial charge in [0.25, 0.3) is 5.56 Å². The molecule has 30 heavy (non-hydrogen) atoms. The first-order valence-electron chi connectivity index (χ1n) is 10.9. The molecule has 1 fully saturated rings. The van der Waals surface area contributed by atoms with Crippen molar-refractivity contribution >= 4 is 22.4 Å². The van der Waals surface area contributed by atoms with Crippen LogP contribution in [0.25, 0.3) is 16.6 Å². The molecule has 0 bridgehead atoms. The fourth-order valence-corrected chi connectivity index (χ4v) is 4.03. The molecule has 1 aliphatic heterocycles. The van der Waals surface area contributed by atoms with Gasteiger partial charge in [-0.1, -0.05) is 6.92 Å². The molecule has 2 aromatic rings. The highest BCUT2D eigenvalue weighted by atomic mass is 16.5. The largest absolute Gasteiger partial charge is 0.500 e. The number of hydrogen-bond donors (Lipinski definition) is 2. The number of fused-ring (bicyclic) bond motifs is 1. The predicted octanol–water partition coefficient (Wildman–Crippen LogP) is 2.69. The van der Waals surface area contributed by atoms with E-state index in [-0.39, 0.29) is 17.7 Å². The molecule has 0 spiro atoms. The van der Waals surface area contributed by atoms with E-state index in [0.29, 0.717) is 37.7 Å². The van der Waals surface area contributed by atoms with E-state index >= 15 is 0 Å². The van der Waals surface area contributed by atoms with Crippen molar-refractivity contribution in [2.45, 2.75) is 64.1 Å². The molecule has 4 rings (SSSR count). The highest BCUT2D eigenvalue weighted by Crippen LogP contribution is 2.25. The van der Waals surface area contributed by atoms with Gasteiger partial charge in [-0.05, 0) is 38.2 Å². The summed E-state index contributed by atoms with van der Waals surface area (Å²) in [6, 6.07) is 2.06. The van der Waals surface area contributed by atoms with Crippen LogP contribution in [0, 0.1) is 0 Å². The molecule has 2 aromatic heterocycles. The quantitative estimate of drug-likeness (QED) is 0.641. The standard InChI is InChI=1S/C22H30N4O4/c1-2-9-29-11-8-26-20-12-18(15-7-10-30-14-15)23-13-19(20)25-21(22(26)28)24-16-3-5-17(27)6-4-16/h12-14,16-17,27H,2-11H2,1H3,(H,24,25). The van der Waals surface area contributed by atoms with Crippen molar-refractivity contribution < 1.29 is 14.6 Å². The van der Waals surface area contributed by atoms with Crippen LogP contribution in [0.15, 0.2) is 23.3 Å². The molecule has 0 amide bonds. The predicted molar refractivity (Wildman–Crippen MR) is 115 cm³/mol. The van der Waals surface area contributed by atoms with E-state index in [1.165, 1.54) is 0 Å². The van der Waals surface area contributed by atoms with Gasteiger partial charge in [0.05, 0.1) is 43.0 Å². The zero-order chi connectivity index (χ0) is 20.9. The lowest BCUT2D eigenvalue weighted by Crippen LogP contribution is -2.33.